The Kier molecular flexibility index (Phi) is 43.4. The smallest absolute Gasteiger partial charge is 0.322 e. The molecule has 0 fully saturated rings. The number of hydrogen-bond donors (Lipinski definition) is 2. The zero-order valence-electron chi connectivity index (χ0n) is 36.8. The third-order valence-electron chi connectivity index (χ3n) is 11.2. The van der Waals surface area contributed by atoms with Gasteiger partial charge >= 0.3 is 11.9 Å². The van der Waals surface area contributed by atoms with Crippen LogP contribution in [0.15, 0.2) is 12.2 Å². The van der Waals surface area contributed by atoms with Gasteiger partial charge in [-0.25, -0.2) is 0 Å². The molecule has 0 heterocycles. The molecular weight excluding hydrogens is 683 g/mol. The number of ether oxygens (including phenoxy) is 1. The van der Waals surface area contributed by atoms with Crippen LogP contribution in [0.3, 0.4) is 0 Å². The number of amides is 1. The van der Waals surface area contributed by atoms with Crippen molar-refractivity contribution < 1.29 is 24.2 Å². The highest BCUT2D eigenvalue weighted by atomic mass is 16.5. The SMILES string of the molecule is CCCCCCCCCC/C=C\CCCCCCCCCCCC(=O)OC(CCCCCCCCCCCCCC)CCCCCCCC(=O)NCC(=O)O. The van der Waals surface area contributed by atoms with Crippen molar-refractivity contribution in [3.8, 4) is 0 Å². The number of carboxylic acids is 1. The quantitative estimate of drug-likeness (QED) is 0.0365. The molecule has 0 aromatic rings. The molecule has 6 heteroatoms. The lowest BCUT2D eigenvalue weighted by Crippen LogP contribution is -2.28. The molecule has 324 valence electrons. The van der Waals surface area contributed by atoms with Crippen molar-refractivity contribution in [2.45, 2.75) is 277 Å². The van der Waals surface area contributed by atoms with Gasteiger partial charge in [0.15, 0.2) is 0 Å². The Morgan fingerprint density at radius 1 is 0.455 bits per heavy atom. The highest BCUT2D eigenvalue weighted by Crippen LogP contribution is 2.19. The molecule has 2 N–H and O–H groups in total. The lowest BCUT2D eigenvalue weighted by molar-refractivity contribution is -0.150. The number of unbranched alkanes of at least 4 members (excludes halogenated alkanes) is 32. The van der Waals surface area contributed by atoms with E-state index in [1.54, 1.807) is 0 Å². The highest BCUT2D eigenvalue weighted by molar-refractivity contribution is 5.80. The fourth-order valence-electron chi connectivity index (χ4n) is 7.57. The predicted molar refractivity (Wildman–Crippen MR) is 236 cm³/mol. The van der Waals surface area contributed by atoms with Gasteiger partial charge in [-0.15, -0.1) is 0 Å². The van der Waals surface area contributed by atoms with Crippen molar-refractivity contribution >= 4 is 17.8 Å². The van der Waals surface area contributed by atoms with E-state index in [1.807, 2.05) is 0 Å². The summed E-state index contributed by atoms with van der Waals surface area (Å²) in [6.07, 6.45) is 53.5. The minimum absolute atomic E-state index is 0.0110. The van der Waals surface area contributed by atoms with Gasteiger partial charge < -0.3 is 15.2 Å². The highest BCUT2D eigenvalue weighted by Gasteiger charge is 2.14. The van der Waals surface area contributed by atoms with E-state index in [0.29, 0.717) is 12.8 Å². The minimum Gasteiger partial charge on any atom is -0.480 e. The maximum Gasteiger partial charge on any atom is 0.322 e. The third kappa shape index (κ3) is 44.7. The molecule has 1 unspecified atom stereocenters. The van der Waals surface area contributed by atoms with Crippen LogP contribution in [0.1, 0.15) is 271 Å². The van der Waals surface area contributed by atoms with E-state index in [0.717, 1.165) is 64.2 Å². The number of esters is 1. The normalized spacial score (nSPS) is 12.0. The second kappa shape index (κ2) is 44.9. The Balaban J connectivity index is 4.03. The van der Waals surface area contributed by atoms with E-state index >= 15 is 0 Å². The van der Waals surface area contributed by atoms with E-state index in [2.05, 4.69) is 31.3 Å². The number of nitrogens with one attached hydrogen (secondary N) is 1. The molecule has 0 aromatic carbocycles. The van der Waals surface area contributed by atoms with Gasteiger partial charge in [0.25, 0.3) is 0 Å². The fourth-order valence-corrected chi connectivity index (χ4v) is 7.57. The zero-order valence-corrected chi connectivity index (χ0v) is 36.8. The molecule has 0 saturated carbocycles. The second-order valence-electron chi connectivity index (χ2n) is 16.7. The first kappa shape index (κ1) is 53.1. The fraction of sp³-hybridized carbons (Fsp3) is 0.898. The summed E-state index contributed by atoms with van der Waals surface area (Å²) in [7, 11) is 0. The minimum atomic E-state index is -1.01. The average molecular weight is 776 g/mol. The molecule has 1 atom stereocenters. The summed E-state index contributed by atoms with van der Waals surface area (Å²) < 4.78 is 6.06. The maximum absolute atomic E-state index is 12.8. The first-order valence-electron chi connectivity index (χ1n) is 24.3. The van der Waals surface area contributed by atoms with Crippen LogP contribution < -0.4 is 5.32 Å². The van der Waals surface area contributed by atoms with Gasteiger partial charge in [-0.3, -0.25) is 14.4 Å². The summed E-state index contributed by atoms with van der Waals surface area (Å²) in [5, 5.41) is 11.1. The zero-order chi connectivity index (χ0) is 40.1. The molecule has 1 amide bonds. The average Bonchev–Trinajstić information content (AvgIpc) is 3.17. The van der Waals surface area contributed by atoms with Gasteiger partial charge in [0.1, 0.15) is 12.6 Å². The summed E-state index contributed by atoms with van der Waals surface area (Å²) in [4.78, 5) is 35.1. The van der Waals surface area contributed by atoms with Crippen molar-refractivity contribution in [3.63, 3.8) is 0 Å². The van der Waals surface area contributed by atoms with Crippen LogP contribution in [0.4, 0.5) is 0 Å². The largest absolute Gasteiger partial charge is 0.480 e. The van der Waals surface area contributed by atoms with Crippen molar-refractivity contribution in [1.29, 1.82) is 0 Å². The van der Waals surface area contributed by atoms with Crippen LogP contribution in [0.2, 0.25) is 0 Å². The number of carboxylic acid groups (broad SMARTS) is 1. The number of hydrogen-bond acceptors (Lipinski definition) is 4. The van der Waals surface area contributed by atoms with Gasteiger partial charge in [0, 0.05) is 12.8 Å². The predicted octanol–water partition coefficient (Wildman–Crippen LogP) is 15.3. The van der Waals surface area contributed by atoms with Gasteiger partial charge in [-0.05, 0) is 64.2 Å². The molecule has 55 heavy (non-hydrogen) atoms. The Hall–Kier alpha value is -1.85. The van der Waals surface area contributed by atoms with Crippen molar-refractivity contribution in [3.05, 3.63) is 12.2 Å². The molecule has 0 aliphatic rings. The third-order valence-corrected chi connectivity index (χ3v) is 11.2. The van der Waals surface area contributed by atoms with Crippen molar-refractivity contribution in [2.75, 3.05) is 6.54 Å². The molecule has 0 spiro atoms. The molecular formula is C49H93NO5. The number of rotatable bonds is 45. The van der Waals surface area contributed by atoms with E-state index in [1.165, 1.54) is 180 Å². The molecule has 0 saturated heterocycles. The summed E-state index contributed by atoms with van der Waals surface area (Å²) in [6.45, 7) is 4.25. The summed E-state index contributed by atoms with van der Waals surface area (Å²) in [5.41, 5.74) is 0. The van der Waals surface area contributed by atoms with E-state index < -0.39 is 5.97 Å². The number of allylic oxidation sites excluding steroid dienone is 2. The Bertz CT molecular complexity index is 858. The molecule has 0 radical (unpaired) electrons. The number of aliphatic carboxylic acids is 1. The monoisotopic (exact) mass is 776 g/mol. The van der Waals surface area contributed by atoms with Crippen LogP contribution in [-0.4, -0.2) is 35.6 Å². The maximum atomic E-state index is 12.8. The molecule has 0 aliphatic carbocycles. The van der Waals surface area contributed by atoms with Crippen LogP contribution in [0, 0.1) is 0 Å². The van der Waals surface area contributed by atoms with E-state index in [9.17, 15) is 14.4 Å². The molecule has 0 rings (SSSR count). The van der Waals surface area contributed by atoms with Crippen LogP contribution in [0.25, 0.3) is 0 Å². The van der Waals surface area contributed by atoms with Crippen LogP contribution >= 0.6 is 0 Å². The van der Waals surface area contributed by atoms with Gasteiger partial charge in [0.05, 0.1) is 0 Å². The summed E-state index contributed by atoms with van der Waals surface area (Å²) in [6, 6.07) is 0. The molecule has 0 bridgehead atoms. The van der Waals surface area contributed by atoms with Gasteiger partial charge in [0.2, 0.25) is 5.91 Å². The van der Waals surface area contributed by atoms with E-state index in [4.69, 9.17) is 9.84 Å². The number of carbonyl (C=O) groups excluding carboxylic acids is 2. The first-order valence-corrected chi connectivity index (χ1v) is 24.3. The van der Waals surface area contributed by atoms with Gasteiger partial charge in [-0.2, -0.15) is 0 Å². The summed E-state index contributed by atoms with van der Waals surface area (Å²) >= 11 is 0. The van der Waals surface area contributed by atoms with Gasteiger partial charge in [-0.1, -0.05) is 206 Å². The number of carbonyl (C=O) groups is 3. The van der Waals surface area contributed by atoms with Crippen molar-refractivity contribution in [2.24, 2.45) is 0 Å². The van der Waals surface area contributed by atoms with Crippen molar-refractivity contribution in [1.82, 2.24) is 5.32 Å². The Morgan fingerprint density at radius 3 is 1.16 bits per heavy atom. The molecule has 0 aliphatic heterocycles. The lowest BCUT2D eigenvalue weighted by Gasteiger charge is -2.18. The first-order chi connectivity index (χ1) is 27.0. The topological polar surface area (TPSA) is 92.7 Å². The standard InChI is InChI=1S/C49H93NO5/c1-3-5-7-9-11-13-15-17-18-19-20-21-22-23-24-25-27-29-31-36-40-44-49(54)55-46(41-37-33-30-28-26-16-14-12-10-8-6-4-2)42-38-34-32-35-39-43-47(51)50-45-48(52)53/h19-20,46H,3-18,21-45H2,1-2H3,(H,50,51)(H,52,53)/b20-19-. The van der Waals surface area contributed by atoms with Crippen LogP contribution in [0.5, 0.6) is 0 Å². The Morgan fingerprint density at radius 2 is 0.782 bits per heavy atom. The second-order valence-corrected chi connectivity index (χ2v) is 16.7. The molecule has 6 nitrogen and oxygen atoms in total. The summed E-state index contributed by atoms with van der Waals surface area (Å²) in [5.74, 6) is -1.21. The molecule has 0 aromatic heterocycles. The lowest BCUT2D eigenvalue weighted by atomic mass is 10.0. The Labute approximate surface area is 342 Å². The van der Waals surface area contributed by atoms with Crippen LogP contribution in [-0.2, 0) is 19.1 Å². The van der Waals surface area contributed by atoms with E-state index in [-0.39, 0.29) is 24.5 Å².